The number of alkyl halides is 2. The summed E-state index contributed by atoms with van der Waals surface area (Å²) in [6, 6.07) is 25.2. The monoisotopic (exact) mass is 524 g/mol. The molecule has 0 unspecified atom stereocenters. The number of benzene rings is 3. The number of hydrogen-bond donors (Lipinski definition) is 2. The molecule has 0 aliphatic carbocycles. The van der Waals surface area contributed by atoms with E-state index in [1.807, 2.05) is 24.4 Å². The van der Waals surface area contributed by atoms with Crippen molar-refractivity contribution in [2.24, 2.45) is 0 Å². The van der Waals surface area contributed by atoms with Crippen LogP contribution in [0.2, 0.25) is 0 Å². The molecule has 0 saturated heterocycles. The van der Waals surface area contributed by atoms with Gasteiger partial charge in [-0.2, -0.15) is 0 Å². The van der Waals surface area contributed by atoms with E-state index in [0.29, 0.717) is 10.2 Å². The maximum atomic E-state index is 12.8. The normalized spacial score (nSPS) is 11.5. The van der Waals surface area contributed by atoms with Gasteiger partial charge in [-0.1, -0.05) is 0 Å². The van der Waals surface area contributed by atoms with Crippen molar-refractivity contribution < 1.29 is 4.79 Å². The van der Waals surface area contributed by atoms with Crippen molar-refractivity contribution in [2.75, 3.05) is 14.7 Å². The van der Waals surface area contributed by atoms with Gasteiger partial charge in [0.2, 0.25) is 0 Å². The van der Waals surface area contributed by atoms with Crippen LogP contribution in [0.5, 0.6) is 0 Å². The Hall–Kier alpha value is -2.60. The molecule has 31 heavy (non-hydrogen) atoms. The van der Waals surface area contributed by atoms with Crippen LogP contribution in [0.4, 0.5) is 11.4 Å². The Morgan fingerprint density at radius 2 is 1.71 bits per heavy atom. The van der Waals surface area contributed by atoms with E-state index in [0.717, 1.165) is 34.2 Å². The number of carbonyl (C=O) groups is 1. The summed E-state index contributed by atoms with van der Waals surface area (Å²) in [5.74, 6) is 0. The number of aromatic amines is 1. The van der Waals surface area contributed by atoms with Crippen LogP contribution in [-0.2, 0) is 11.2 Å². The van der Waals surface area contributed by atoms with Gasteiger partial charge in [0.15, 0.2) is 0 Å². The van der Waals surface area contributed by atoms with Gasteiger partial charge in [0, 0.05) is 0 Å². The van der Waals surface area contributed by atoms with E-state index in [2.05, 4.69) is 76.8 Å². The summed E-state index contributed by atoms with van der Waals surface area (Å²) < 4.78 is 1.62. The van der Waals surface area contributed by atoms with E-state index in [-0.39, 0.29) is 0 Å². The predicted octanol–water partition coefficient (Wildman–Crippen LogP) is 7.58. The fourth-order valence-corrected chi connectivity index (χ4v) is 7.40. The third-order valence-electron chi connectivity index (χ3n) is 5.51. The van der Waals surface area contributed by atoms with Crippen LogP contribution in [-0.4, -0.2) is 18.1 Å². The Bertz CT molecular complexity index is 1170. The summed E-state index contributed by atoms with van der Waals surface area (Å²) in [6.07, 6.45) is 4.48. The topological polar surface area (TPSA) is 44.9 Å². The number of para-hydroxylation sites is 2. The fraction of sp³-hybridized carbons (Fsp3) is 0.222. The summed E-state index contributed by atoms with van der Waals surface area (Å²) in [7, 11) is 0. The molecule has 0 aliphatic heterocycles. The maximum absolute atomic E-state index is 12.8. The van der Waals surface area contributed by atoms with Gasteiger partial charge in [0.1, 0.15) is 0 Å². The van der Waals surface area contributed by atoms with Gasteiger partial charge in [-0.05, 0) is 0 Å². The van der Waals surface area contributed by atoms with Gasteiger partial charge in [-0.15, -0.1) is 0 Å². The minimum absolute atomic E-state index is 0.504. The van der Waals surface area contributed by atoms with Gasteiger partial charge < -0.3 is 0 Å². The molecule has 1 aromatic heterocycles. The van der Waals surface area contributed by atoms with Gasteiger partial charge in [0.05, 0.1) is 0 Å². The second-order valence-electron chi connectivity index (χ2n) is 7.70. The number of halogens is 1. The Labute approximate surface area is 191 Å². The van der Waals surface area contributed by atoms with Crippen LogP contribution in [0.25, 0.3) is 22.0 Å². The summed E-state index contributed by atoms with van der Waals surface area (Å²) in [6.45, 7) is 2.18. The molecule has 2 N–H and O–H groups in total. The predicted molar refractivity (Wildman–Crippen MR) is 142 cm³/mol. The first-order valence-corrected chi connectivity index (χ1v) is 15.5. The number of H-pyrrole nitrogens is 1. The number of hydrogen-bond acceptors (Lipinski definition) is 2. The van der Waals surface area contributed by atoms with Crippen LogP contribution in [0.15, 0.2) is 79.0 Å². The number of aromatic nitrogens is 1. The molecule has 4 heteroatoms. The molecule has 160 valence electrons. The van der Waals surface area contributed by atoms with E-state index >= 15 is 0 Å². The minimum atomic E-state index is -1.49. The third-order valence-corrected chi connectivity index (χ3v) is 10.8. The molecule has 1 heterocycles. The third kappa shape index (κ3) is 5.01. The number of fused-ring (bicyclic) bond motifs is 1. The van der Waals surface area contributed by atoms with Crippen LogP contribution in [0.1, 0.15) is 25.3 Å². The van der Waals surface area contributed by atoms with Crippen molar-refractivity contribution in [1.82, 2.24) is 4.98 Å². The zero-order chi connectivity index (χ0) is 21.6. The van der Waals surface area contributed by atoms with Crippen LogP contribution < -0.4 is 5.32 Å². The number of rotatable bonds is 9. The molecule has 0 aliphatic rings. The Balaban J connectivity index is 1.74. The number of carbonyl (C=O) groups excluding carboxylic acids is 1. The SMILES string of the molecule is CCCI(C)C(=O)CCc1c(Nc2ccccc2)cccc1-c1cccc2cc[nH]c12. The summed E-state index contributed by atoms with van der Waals surface area (Å²) >= 11 is -1.49. The molecule has 0 spiro atoms. The van der Waals surface area contributed by atoms with Crippen molar-refractivity contribution in [1.29, 1.82) is 0 Å². The average molecular weight is 524 g/mol. The van der Waals surface area contributed by atoms with Crippen LogP contribution in [0.3, 0.4) is 0 Å². The molecular formula is C27H29IN2O. The van der Waals surface area contributed by atoms with E-state index < -0.39 is 19.8 Å². The average Bonchev–Trinajstić information content (AvgIpc) is 3.28. The standard InChI is InChI=1S/C27H29IN2O/c1-3-18-28(2)26(31)16-15-23-22(24-13-7-9-20-17-19-29-27(20)24)12-8-14-25(23)30-21-10-5-4-6-11-21/h4-14,17,19,29-30H,3,15-16,18H2,1-2H3. The number of nitrogens with one attached hydrogen (secondary N) is 2. The molecule has 0 amide bonds. The second-order valence-corrected chi connectivity index (χ2v) is 13.4. The Kier molecular flexibility index (Phi) is 7.07. The molecule has 0 bridgehead atoms. The van der Waals surface area contributed by atoms with Crippen molar-refractivity contribution in [3.05, 3.63) is 84.6 Å². The van der Waals surface area contributed by atoms with Gasteiger partial charge in [0.25, 0.3) is 0 Å². The van der Waals surface area contributed by atoms with Gasteiger partial charge >= 0.3 is 192 Å². The Morgan fingerprint density at radius 3 is 2.52 bits per heavy atom. The molecule has 0 radical (unpaired) electrons. The summed E-state index contributed by atoms with van der Waals surface area (Å²) in [5, 5.41) is 4.79. The second kappa shape index (κ2) is 10.1. The van der Waals surface area contributed by atoms with Crippen LogP contribution >= 0.6 is 19.8 Å². The summed E-state index contributed by atoms with van der Waals surface area (Å²) in [5.41, 5.74) is 6.85. The van der Waals surface area contributed by atoms with E-state index in [1.54, 1.807) is 0 Å². The molecule has 3 nitrogen and oxygen atoms in total. The van der Waals surface area contributed by atoms with E-state index in [9.17, 15) is 4.79 Å². The van der Waals surface area contributed by atoms with Crippen LogP contribution in [0, 0.1) is 0 Å². The zero-order valence-corrected chi connectivity index (χ0v) is 20.3. The van der Waals surface area contributed by atoms with Gasteiger partial charge in [-0.25, -0.2) is 0 Å². The molecule has 0 saturated carbocycles. The first-order valence-electron chi connectivity index (χ1n) is 10.8. The first kappa shape index (κ1) is 21.6. The van der Waals surface area contributed by atoms with Crippen molar-refractivity contribution in [3.8, 4) is 11.1 Å². The zero-order valence-electron chi connectivity index (χ0n) is 18.1. The molecule has 4 rings (SSSR count). The van der Waals surface area contributed by atoms with Crippen molar-refractivity contribution in [3.63, 3.8) is 0 Å². The van der Waals surface area contributed by atoms with Crippen molar-refractivity contribution in [2.45, 2.75) is 26.2 Å². The van der Waals surface area contributed by atoms with Gasteiger partial charge in [-0.3, -0.25) is 0 Å². The Morgan fingerprint density at radius 1 is 0.935 bits per heavy atom. The molecule has 0 atom stereocenters. The summed E-state index contributed by atoms with van der Waals surface area (Å²) in [4.78, 5) is 18.5. The molecule has 3 aromatic carbocycles. The quantitative estimate of drug-likeness (QED) is 0.135. The van der Waals surface area contributed by atoms with E-state index in [4.69, 9.17) is 0 Å². The first-order chi connectivity index (χ1) is 15.2. The molecule has 4 aromatic rings. The van der Waals surface area contributed by atoms with E-state index in [1.165, 1.54) is 22.1 Å². The number of anilines is 2. The fourth-order valence-electron chi connectivity index (χ4n) is 3.99. The molecular weight excluding hydrogens is 495 g/mol. The molecule has 0 fully saturated rings. The van der Waals surface area contributed by atoms with Crippen molar-refractivity contribution >= 4 is 45.9 Å².